The molecule has 2 atom stereocenters. The predicted octanol–water partition coefficient (Wildman–Crippen LogP) is 2.64. The van der Waals surface area contributed by atoms with E-state index in [9.17, 15) is 0 Å². The van der Waals surface area contributed by atoms with Gasteiger partial charge in [0.05, 0.1) is 0 Å². The van der Waals surface area contributed by atoms with Gasteiger partial charge < -0.3 is 4.90 Å². The summed E-state index contributed by atoms with van der Waals surface area (Å²) in [5, 5.41) is 8.71. The molecule has 0 unspecified atom stereocenters. The summed E-state index contributed by atoms with van der Waals surface area (Å²) in [7, 11) is 1.85. The van der Waals surface area contributed by atoms with Crippen LogP contribution in [-0.4, -0.2) is 18.5 Å². The summed E-state index contributed by atoms with van der Waals surface area (Å²) >= 11 is 0. The molecule has 0 aromatic carbocycles. The maximum atomic E-state index is 8.71. The number of rotatable bonds is 4. The van der Waals surface area contributed by atoms with Crippen molar-refractivity contribution >= 4 is 0 Å². The first-order valence-electron chi connectivity index (χ1n) is 5.14. The average molecular weight is 192 g/mol. The lowest BCUT2D eigenvalue weighted by molar-refractivity contribution is 0.405. The molecule has 0 amide bonds. The van der Waals surface area contributed by atoms with Gasteiger partial charge in [-0.25, -0.2) is 0 Å². The van der Waals surface area contributed by atoms with Crippen molar-refractivity contribution in [2.24, 2.45) is 17.3 Å². The minimum absolute atomic E-state index is 0.393. The summed E-state index contributed by atoms with van der Waals surface area (Å²) in [6.07, 6.45) is 3.27. The quantitative estimate of drug-likeness (QED) is 0.389. The van der Waals surface area contributed by atoms with Gasteiger partial charge in [0, 0.05) is 13.6 Å². The van der Waals surface area contributed by atoms with E-state index in [1.54, 1.807) is 4.90 Å². The maximum Gasteiger partial charge on any atom is 0.179 e. The van der Waals surface area contributed by atoms with E-state index in [0.29, 0.717) is 11.3 Å². The van der Waals surface area contributed by atoms with E-state index in [1.807, 2.05) is 7.05 Å². The van der Waals surface area contributed by atoms with E-state index in [1.165, 1.54) is 5.57 Å². The van der Waals surface area contributed by atoms with Crippen molar-refractivity contribution in [2.75, 3.05) is 13.6 Å². The second-order valence-electron chi connectivity index (χ2n) is 5.18. The Morgan fingerprint density at radius 2 is 2.07 bits per heavy atom. The highest BCUT2D eigenvalue weighted by Gasteiger charge is 2.56. The van der Waals surface area contributed by atoms with Crippen molar-refractivity contribution in [1.82, 2.24) is 4.90 Å². The Morgan fingerprint density at radius 1 is 1.50 bits per heavy atom. The zero-order chi connectivity index (χ0) is 10.9. The summed E-state index contributed by atoms with van der Waals surface area (Å²) in [6.45, 7) is 11.5. The zero-order valence-corrected chi connectivity index (χ0v) is 9.67. The molecule has 0 heterocycles. The van der Waals surface area contributed by atoms with Crippen LogP contribution in [0.2, 0.25) is 0 Å². The Kier molecular flexibility index (Phi) is 2.89. The number of hydrogen-bond acceptors (Lipinski definition) is 2. The molecule has 1 rings (SSSR count). The van der Waals surface area contributed by atoms with Crippen LogP contribution >= 0.6 is 0 Å². The van der Waals surface area contributed by atoms with Gasteiger partial charge in [0.25, 0.3) is 0 Å². The van der Waals surface area contributed by atoms with E-state index in [2.05, 4.69) is 33.5 Å². The lowest BCUT2D eigenvalue weighted by atomic mass is 10.1. The molecule has 0 N–H and O–H groups in total. The van der Waals surface area contributed by atoms with Gasteiger partial charge in [-0.2, -0.15) is 5.26 Å². The normalized spacial score (nSPS) is 27.9. The van der Waals surface area contributed by atoms with Crippen molar-refractivity contribution < 1.29 is 0 Å². The van der Waals surface area contributed by atoms with Crippen LogP contribution < -0.4 is 0 Å². The highest BCUT2D eigenvalue weighted by Crippen LogP contribution is 2.60. The summed E-state index contributed by atoms with van der Waals surface area (Å²) in [5.41, 5.74) is 1.65. The SMILES string of the molecule is C=C(C)C[C@H]1[C@@H](CN(C)C#N)C1(C)C. The minimum Gasteiger partial charge on any atom is -0.313 e. The average Bonchev–Trinajstić information content (AvgIpc) is 2.55. The number of nitrogens with zero attached hydrogens (tertiary/aromatic N) is 2. The van der Waals surface area contributed by atoms with Crippen LogP contribution in [-0.2, 0) is 0 Å². The Morgan fingerprint density at radius 3 is 2.50 bits per heavy atom. The van der Waals surface area contributed by atoms with Crippen molar-refractivity contribution in [3.63, 3.8) is 0 Å². The fourth-order valence-electron chi connectivity index (χ4n) is 2.34. The summed E-state index contributed by atoms with van der Waals surface area (Å²) in [6, 6.07) is 0. The molecular weight excluding hydrogens is 172 g/mol. The third kappa shape index (κ3) is 2.09. The lowest BCUT2D eigenvalue weighted by Gasteiger charge is -2.08. The van der Waals surface area contributed by atoms with Gasteiger partial charge in [-0.3, -0.25) is 0 Å². The van der Waals surface area contributed by atoms with Crippen molar-refractivity contribution in [3.05, 3.63) is 12.2 Å². The fraction of sp³-hybridized carbons (Fsp3) is 0.750. The Hall–Kier alpha value is -0.970. The van der Waals surface area contributed by atoms with Crippen LogP contribution in [0.1, 0.15) is 27.2 Å². The molecule has 1 aliphatic carbocycles. The van der Waals surface area contributed by atoms with Gasteiger partial charge in [-0.15, -0.1) is 6.58 Å². The molecule has 0 bridgehead atoms. The molecule has 0 radical (unpaired) electrons. The predicted molar refractivity (Wildman–Crippen MR) is 58.4 cm³/mol. The molecule has 2 heteroatoms. The maximum absolute atomic E-state index is 8.71. The largest absolute Gasteiger partial charge is 0.313 e. The topological polar surface area (TPSA) is 27.0 Å². The summed E-state index contributed by atoms with van der Waals surface area (Å²) in [5.74, 6) is 1.37. The summed E-state index contributed by atoms with van der Waals surface area (Å²) < 4.78 is 0. The van der Waals surface area contributed by atoms with Crippen LogP contribution in [0.25, 0.3) is 0 Å². The Balaban J connectivity index is 2.49. The van der Waals surface area contributed by atoms with Gasteiger partial charge in [-0.1, -0.05) is 19.4 Å². The zero-order valence-electron chi connectivity index (χ0n) is 9.67. The van der Waals surface area contributed by atoms with Crippen LogP contribution in [0.15, 0.2) is 12.2 Å². The number of allylic oxidation sites excluding steroid dienone is 1. The highest BCUT2D eigenvalue weighted by molar-refractivity contribution is 5.11. The molecule has 1 saturated carbocycles. The van der Waals surface area contributed by atoms with Crippen molar-refractivity contribution in [1.29, 1.82) is 5.26 Å². The standard InChI is InChI=1S/C12H20N2/c1-9(2)6-10-11(12(10,3)4)7-14(5)8-13/h10-11H,1,6-7H2,2-5H3/t10-,11+/m0/s1. The smallest absolute Gasteiger partial charge is 0.179 e. The van der Waals surface area contributed by atoms with Crippen LogP contribution in [0, 0.1) is 28.7 Å². The number of hydrogen-bond donors (Lipinski definition) is 0. The van der Waals surface area contributed by atoms with Gasteiger partial charge in [0.15, 0.2) is 6.19 Å². The van der Waals surface area contributed by atoms with Gasteiger partial charge in [0.2, 0.25) is 0 Å². The van der Waals surface area contributed by atoms with Gasteiger partial charge in [0.1, 0.15) is 0 Å². The van der Waals surface area contributed by atoms with E-state index in [0.717, 1.165) is 18.9 Å². The highest BCUT2D eigenvalue weighted by atomic mass is 15.1. The number of nitriles is 1. The van der Waals surface area contributed by atoms with Gasteiger partial charge in [-0.05, 0) is 30.6 Å². The molecule has 0 aliphatic heterocycles. The van der Waals surface area contributed by atoms with Crippen LogP contribution in [0.4, 0.5) is 0 Å². The fourth-order valence-corrected chi connectivity index (χ4v) is 2.34. The third-order valence-electron chi connectivity index (χ3n) is 3.50. The van der Waals surface area contributed by atoms with Gasteiger partial charge >= 0.3 is 0 Å². The first kappa shape index (κ1) is 11.1. The Bertz CT molecular complexity index is 273. The second kappa shape index (κ2) is 3.65. The summed E-state index contributed by atoms with van der Waals surface area (Å²) in [4.78, 5) is 1.73. The van der Waals surface area contributed by atoms with Crippen LogP contribution in [0.5, 0.6) is 0 Å². The van der Waals surface area contributed by atoms with E-state index in [4.69, 9.17) is 5.26 Å². The molecule has 0 spiro atoms. The minimum atomic E-state index is 0.393. The molecule has 0 aromatic heterocycles. The molecule has 1 fully saturated rings. The van der Waals surface area contributed by atoms with Crippen molar-refractivity contribution in [3.8, 4) is 6.19 Å². The Labute approximate surface area is 87.2 Å². The monoisotopic (exact) mass is 192 g/mol. The van der Waals surface area contributed by atoms with E-state index in [-0.39, 0.29) is 0 Å². The first-order valence-corrected chi connectivity index (χ1v) is 5.14. The molecule has 14 heavy (non-hydrogen) atoms. The third-order valence-corrected chi connectivity index (χ3v) is 3.50. The van der Waals surface area contributed by atoms with E-state index < -0.39 is 0 Å². The second-order valence-corrected chi connectivity index (χ2v) is 5.18. The van der Waals surface area contributed by atoms with E-state index >= 15 is 0 Å². The molecule has 0 saturated heterocycles. The van der Waals surface area contributed by atoms with Crippen LogP contribution in [0.3, 0.4) is 0 Å². The van der Waals surface area contributed by atoms with Crippen molar-refractivity contribution in [2.45, 2.75) is 27.2 Å². The molecule has 1 aliphatic rings. The molecule has 78 valence electrons. The molecule has 0 aromatic rings. The molecular formula is C12H20N2. The first-order chi connectivity index (χ1) is 6.39. The lowest BCUT2D eigenvalue weighted by Crippen LogP contribution is -2.16. The molecule has 2 nitrogen and oxygen atoms in total.